The summed E-state index contributed by atoms with van der Waals surface area (Å²) in [4.78, 5) is 0. The number of nitrogens with zero attached hydrogens (tertiary/aromatic N) is 2. The van der Waals surface area contributed by atoms with Gasteiger partial charge in [-0.2, -0.15) is 0 Å². The molecule has 3 atom stereocenters. The van der Waals surface area contributed by atoms with E-state index in [1.807, 2.05) is 0 Å². The van der Waals surface area contributed by atoms with Gasteiger partial charge in [0, 0.05) is 0 Å². The molecule has 1 heterocycles. The predicted octanol–water partition coefficient (Wildman–Crippen LogP) is 2.31. The molecule has 1 aromatic heterocycles. The Morgan fingerprint density at radius 1 is 1.22 bits per heavy atom. The molecule has 2 aromatic rings. The molecule has 2 aliphatic rings. The van der Waals surface area contributed by atoms with Crippen molar-refractivity contribution in [3.05, 3.63) is 30.4 Å². The van der Waals surface area contributed by atoms with Crippen molar-refractivity contribution >= 4 is 31.7 Å². The number of benzene rings is 1. The van der Waals surface area contributed by atoms with Crippen LogP contribution >= 0.6 is 0 Å². The first-order valence-electron chi connectivity index (χ1n) is 6.53. The molecule has 4 rings (SSSR count). The molecule has 0 amide bonds. The summed E-state index contributed by atoms with van der Waals surface area (Å²) in [5.41, 5.74) is 3.31. The molecule has 3 nitrogen and oxygen atoms in total. The third-order valence-electron chi connectivity index (χ3n) is 4.26. The van der Waals surface area contributed by atoms with Crippen LogP contribution in [0.5, 0.6) is 0 Å². The summed E-state index contributed by atoms with van der Waals surface area (Å²) in [6.07, 6.45) is 7.55. The average Bonchev–Trinajstić information content (AvgIpc) is 3.11. The fourth-order valence-corrected chi connectivity index (χ4v) is 4.47. The topological polar surface area (TPSA) is 37.8 Å². The molecule has 2 bridgehead atoms. The maximum absolute atomic E-state index is 4.51. The van der Waals surface area contributed by atoms with Crippen molar-refractivity contribution in [2.24, 2.45) is 17.8 Å². The van der Waals surface area contributed by atoms with Gasteiger partial charge in [0.25, 0.3) is 0 Å². The van der Waals surface area contributed by atoms with Gasteiger partial charge in [0.1, 0.15) is 0 Å². The van der Waals surface area contributed by atoms with E-state index in [1.54, 1.807) is 0 Å². The van der Waals surface area contributed by atoms with Crippen molar-refractivity contribution in [1.29, 1.82) is 0 Å². The van der Waals surface area contributed by atoms with Gasteiger partial charge in [-0.1, -0.05) is 0 Å². The van der Waals surface area contributed by atoms with E-state index in [-0.39, 0.29) is 15.0 Å². The Kier molecular flexibility index (Phi) is 2.52. The van der Waals surface area contributed by atoms with Crippen molar-refractivity contribution in [1.82, 2.24) is 7.96 Å². The second-order valence-electron chi connectivity index (χ2n) is 5.36. The van der Waals surface area contributed by atoms with Crippen LogP contribution in [-0.2, 0) is 0 Å². The summed E-state index contributed by atoms with van der Waals surface area (Å²) >= 11 is 0.0648. The minimum atomic E-state index is 0.0648. The van der Waals surface area contributed by atoms with Gasteiger partial charge < -0.3 is 0 Å². The zero-order valence-electron chi connectivity index (χ0n) is 10.0. The van der Waals surface area contributed by atoms with E-state index >= 15 is 0 Å². The summed E-state index contributed by atoms with van der Waals surface area (Å²) in [6.45, 7) is 1.07. The van der Waals surface area contributed by atoms with Gasteiger partial charge in [-0.25, -0.2) is 0 Å². The van der Waals surface area contributed by atoms with Gasteiger partial charge in [-0.3, -0.25) is 0 Å². The number of anilines is 1. The van der Waals surface area contributed by atoms with Crippen LogP contribution in [0.1, 0.15) is 12.8 Å². The molecule has 92 valence electrons. The van der Waals surface area contributed by atoms with E-state index in [0.29, 0.717) is 0 Å². The van der Waals surface area contributed by atoms with Gasteiger partial charge in [-0.05, 0) is 0 Å². The van der Waals surface area contributed by atoms with Gasteiger partial charge >= 0.3 is 112 Å². The fraction of sp³-hybridized carbons (Fsp3) is 0.429. The molecule has 18 heavy (non-hydrogen) atoms. The Labute approximate surface area is 113 Å². The molecule has 1 fully saturated rings. The fourth-order valence-electron chi connectivity index (χ4n) is 3.32. The normalized spacial score (nSPS) is 29.2. The Hall–Kier alpha value is -1.12. The number of hydrogen-bond acceptors (Lipinski definition) is 3. The van der Waals surface area contributed by atoms with Gasteiger partial charge in [0.15, 0.2) is 0 Å². The molecule has 0 saturated heterocycles. The Morgan fingerprint density at radius 3 is 3.06 bits per heavy atom. The molecule has 0 radical (unpaired) electrons. The molecule has 3 unspecified atom stereocenters. The van der Waals surface area contributed by atoms with Crippen LogP contribution in [0.25, 0.3) is 11.0 Å². The maximum atomic E-state index is 4.51. The average molecular weight is 304 g/mol. The van der Waals surface area contributed by atoms with E-state index in [9.17, 15) is 0 Å². The van der Waals surface area contributed by atoms with Crippen LogP contribution in [-0.4, -0.2) is 29.5 Å². The Morgan fingerprint density at radius 2 is 2.22 bits per heavy atom. The molecule has 4 heteroatoms. The molecular weight excluding hydrogens is 289 g/mol. The van der Waals surface area contributed by atoms with Crippen LogP contribution in [0, 0.1) is 17.8 Å². The minimum absolute atomic E-state index is 0.0648. The predicted molar refractivity (Wildman–Crippen MR) is 73.8 cm³/mol. The summed E-state index contributed by atoms with van der Waals surface area (Å²) < 4.78 is 8.93. The SMILES string of the molecule is C1=CC2CC1CC2CNc1cccc2n[se]nc12. The van der Waals surface area contributed by atoms with Crippen LogP contribution in [0.15, 0.2) is 30.4 Å². The van der Waals surface area contributed by atoms with Crippen molar-refractivity contribution in [2.45, 2.75) is 12.8 Å². The Bertz CT molecular complexity index is 604. The standard InChI is InChI=1S/C14H15N3Se/c1-2-12(14-13(3-1)16-18-17-14)15-8-11-7-9-4-5-10(11)6-9/h1-5,9-11,15H,6-8H2. The molecule has 0 aliphatic heterocycles. The van der Waals surface area contributed by atoms with Crippen LogP contribution in [0.3, 0.4) is 0 Å². The van der Waals surface area contributed by atoms with Gasteiger partial charge in [0.05, 0.1) is 0 Å². The summed E-state index contributed by atoms with van der Waals surface area (Å²) in [7, 11) is 0. The van der Waals surface area contributed by atoms with E-state index in [0.717, 1.165) is 35.3 Å². The number of aromatic nitrogens is 2. The first-order chi connectivity index (χ1) is 8.90. The van der Waals surface area contributed by atoms with E-state index in [2.05, 4.69) is 43.6 Å². The van der Waals surface area contributed by atoms with Gasteiger partial charge in [0.2, 0.25) is 0 Å². The van der Waals surface area contributed by atoms with Crippen molar-refractivity contribution in [2.75, 3.05) is 11.9 Å². The number of nitrogens with one attached hydrogen (secondary N) is 1. The summed E-state index contributed by atoms with van der Waals surface area (Å²) in [5, 5.41) is 3.59. The van der Waals surface area contributed by atoms with E-state index in [4.69, 9.17) is 0 Å². The Balaban J connectivity index is 1.52. The third-order valence-corrected chi connectivity index (χ3v) is 5.40. The zero-order chi connectivity index (χ0) is 11.9. The number of hydrogen-bond donors (Lipinski definition) is 1. The number of allylic oxidation sites excluding steroid dienone is 2. The molecule has 1 aromatic carbocycles. The van der Waals surface area contributed by atoms with Crippen molar-refractivity contribution in [3.63, 3.8) is 0 Å². The second-order valence-corrected chi connectivity index (χ2v) is 6.47. The molecule has 0 spiro atoms. The monoisotopic (exact) mass is 305 g/mol. The molecule has 1 saturated carbocycles. The van der Waals surface area contributed by atoms with Crippen LogP contribution in [0.4, 0.5) is 5.69 Å². The van der Waals surface area contributed by atoms with Crippen molar-refractivity contribution < 1.29 is 0 Å². The van der Waals surface area contributed by atoms with E-state index < -0.39 is 0 Å². The number of rotatable bonds is 3. The van der Waals surface area contributed by atoms with Gasteiger partial charge in [-0.15, -0.1) is 0 Å². The first kappa shape index (κ1) is 10.8. The molecule has 2 aliphatic carbocycles. The van der Waals surface area contributed by atoms with E-state index in [1.165, 1.54) is 18.5 Å². The van der Waals surface area contributed by atoms with Crippen LogP contribution in [0.2, 0.25) is 0 Å². The summed E-state index contributed by atoms with van der Waals surface area (Å²) in [6, 6.07) is 6.25. The van der Waals surface area contributed by atoms with Crippen molar-refractivity contribution in [3.8, 4) is 0 Å². The quantitative estimate of drug-likeness (QED) is 0.698. The molecule has 1 N–H and O–H groups in total. The zero-order valence-corrected chi connectivity index (χ0v) is 11.8. The third kappa shape index (κ3) is 1.72. The van der Waals surface area contributed by atoms with Crippen LogP contribution < -0.4 is 5.32 Å². The number of fused-ring (bicyclic) bond motifs is 3. The summed E-state index contributed by atoms with van der Waals surface area (Å²) in [5.74, 6) is 2.47. The first-order valence-corrected chi connectivity index (χ1v) is 8.07. The second kappa shape index (κ2) is 4.22. The molecular formula is C14H15N3Se.